The second kappa shape index (κ2) is 8.08. The number of nitrogens with zero attached hydrogens (tertiary/aromatic N) is 3. The molecular formula is C20H28N4O3S. The molecule has 0 aromatic carbocycles. The Labute approximate surface area is 166 Å². The van der Waals surface area contributed by atoms with E-state index in [0.717, 1.165) is 25.0 Å². The van der Waals surface area contributed by atoms with E-state index < -0.39 is 9.84 Å². The van der Waals surface area contributed by atoms with E-state index in [0.29, 0.717) is 23.6 Å². The summed E-state index contributed by atoms with van der Waals surface area (Å²) < 4.78 is 25.3. The van der Waals surface area contributed by atoms with Crippen LogP contribution in [-0.2, 0) is 14.6 Å². The normalized spacial score (nSPS) is 27.4. The first-order valence-electron chi connectivity index (χ1n) is 9.90. The molecule has 7 nitrogen and oxygen atoms in total. The second-order valence-corrected chi connectivity index (χ2v) is 10.3. The van der Waals surface area contributed by atoms with E-state index >= 15 is 0 Å². The smallest absolute Gasteiger partial charge is 0.262 e. The Hall–Kier alpha value is -2.14. The maximum absolute atomic E-state index is 12.7. The van der Waals surface area contributed by atoms with Gasteiger partial charge in [-0.1, -0.05) is 19.8 Å². The van der Waals surface area contributed by atoms with E-state index in [1.54, 1.807) is 10.8 Å². The third-order valence-electron chi connectivity index (χ3n) is 6.02. The lowest BCUT2D eigenvalue weighted by Crippen LogP contribution is -2.41. The Morgan fingerprint density at radius 2 is 2.00 bits per heavy atom. The van der Waals surface area contributed by atoms with Crippen molar-refractivity contribution in [3.8, 4) is 6.07 Å². The highest BCUT2D eigenvalue weighted by atomic mass is 32.2. The summed E-state index contributed by atoms with van der Waals surface area (Å²) in [6.45, 7) is 5.80. The molecule has 1 aromatic rings. The van der Waals surface area contributed by atoms with Crippen LogP contribution in [0.2, 0.25) is 0 Å². The summed E-state index contributed by atoms with van der Waals surface area (Å²) in [7, 11) is -3.02. The molecule has 2 heterocycles. The predicted octanol–water partition coefficient (Wildman–Crippen LogP) is 2.46. The van der Waals surface area contributed by atoms with Crippen molar-refractivity contribution in [2.24, 2.45) is 5.92 Å². The van der Waals surface area contributed by atoms with Crippen LogP contribution < -0.4 is 5.32 Å². The fourth-order valence-electron chi connectivity index (χ4n) is 4.28. The zero-order valence-corrected chi connectivity index (χ0v) is 17.6. The zero-order valence-electron chi connectivity index (χ0n) is 16.7. The minimum absolute atomic E-state index is 0.0579. The van der Waals surface area contributed by atoms with Crippen LogP contribution >= 0.6 is 0 Å². The molecule has 152 valence electrons. The van der Waals surface area contributed by atoms with Crippen LogP contribution in [0, 0.1) is 31.1 Å². The van der Waals surface area contributed by atoms with Crippen LogP contribution in [0.3, 0.4) is 0 Å². The van der Waals surface area contributed by atoms with Crippen molar-refractivity contribution in [3.63, 3.8) is 0 Å². The van der Waals surface area contributed by atoms with Gasteiger partial charge in [0.1, 0.15) is 11.6 Å². The van der Waals surface area contributed by atoms with Crippen LogP contribution in [0.4, 0.5) is 0 Å². The van der Waals surface area contributed by atoms with Crippen LogP contribution in [0.1, 0.15) is 62.0 Å². The third kappa shape index (κ3) is 4.30. The first-order chi connectivity index (χ1) is 13.2. The molecule has 0 spiro atoms. The first-order valence-corrected chi connectivity index (χ1v) is 11.7. The molecule has 8 heteroatoms. The standard InChI is InChI=1S/C20H28N4O3S/c1-13-6-4-5-7-19(13)22-20(25)16(11-21)10-18-14(2)23-24(15(18)3)17-8-9-28(26,27)12-17/h10,13,17,19H,4-9,12H2,1-3H3,(H,22,25)/b16-10+/t13-,17-,19+/m0/s1. The van der Waals surface area contributed by atoms with Crippen LogP contribution in [0.25, 0.3) is 6.08 Å². The number of aromatic nitrogens is 2. The van der Waals surface area contributed by atoms with Gasteiger partial charge in [0.15, 0.2) is 9.84 Å². The summed E-state index contributed by atoms with van der Waals surface area (Å²) in [5, 5.41) is 17.1. The Kier molecular flexibility index (Phi) is 5.94. The lowest BCUT2D eigenvalue weighted by atomic mass is 9.86. The van der Waals surface area contributed by atoms with Crippen molar-refractivity contribution in [2.45, 2.75) is 65.0 Å². The molecule has 2 aliphatic rings. The van der Waals surface area contributed by atoms with Crippen LogP contribution in [-0.4, -0.2) is 41.7 Å². The van der Waals surface area contributed by atoms with Gasteiger partial charge in [0.2, 0.25) is 0 Å². The molecule has 1 aliphatic heterocycles. The van der Waals surface area contributed by atoms with Gasteiger partial charge >= 0.3 is 0 Å². The summed E-state index contributed by atoms with van der Waals surface area (Å²) in [4.78, 5) is 12.7. The first kappa shape index (κ1) is 20.6. The van der Waals surface area contributed by atoms with Crippen LogP contribution in [0.15, 0.2) is 5.57 Å². The van der Waals surface area contributed by atoms with Gasteiger partial charge in [0.25, 0.3) is 5.91 Å². The number of nitrogens with one attached hydrogen (secondary N) is 1. The Balaban J connectivity index is 1.82. The number of amides is 1. The van der Waals surface area contributed by atoms with E-state index in [2.05, 4.69) is 17.3 Å². The lowest BCUT2D eigenvalue weighted by Gasteiger charge is -2.29. The summed E-state index contributed by atoms with van der Waals surface area (Å²) >= 11 is 0. The topological polar surface area (TPSA) is 105 Å². The predicted molar refractivity (Wildman–Crippen MR) is 107 cm³/mol. The largest absolute Gasteiger partial charge is 0.348 e. The monoisotopic (exact) mass is 404 g/mol. The molecule has 2 fully saturated rings. The SMILES string of the molecule is Cc1nn([C@H]2CCS(=O)(=O)C2)c(C)c1/C=C(\C#N)C(=O)N[C@@H]1CCCC[C@@H]1C. The van der Waals surface area contributed by atoms with E-state index in [9.17, 15) is 18.5 Å². The average molecular weight is 405 g/mol. The van der Waals surface area contributed by atoms with Crippen molar-refractivity contribution in [1.29, 1.82) is 5.26 Å². The number of nitriles is 1. The van der Waals surface area contributed by atoms with Gasteiger partial charge in [-0.15, -0.1) is 0 Å². The highest BCUT2D eigenvalue weighted by Crippen LogP contribution is 2.28. The fourth-order valence-corrected chi connectivity index (χ4v) is 5.97. The van der Waals surface area contributed by atoms with Crippen molar-refractivity contribution in [1.82, 2.24) is 15.1 Å². The van der Waals surface area contributed by atoms with Gasteiger partial charge in [-0.25, -0.2) is 8.42 Å². The molecule has 1 saturated heterocycles. The Morgan fingerprint density at radius 1 is 1.29 bits per heavy atom. The second-order valence-electron chi connectivity index (χ2n) is 8.10. The summed E-state index contributed by atoms with van der Waals surface area (Å²) in [5.41, 5.74) is 2.25. The number of aryl methyl sites for hydroxylation is 1. The van der Waals surface area contributed by atoms with Crippen molar-refractivity contribution in [2.75, 3.05) is 11.5 Å². The minimum atomic E-state index is -3.02. The maximum atomic E-state index is 12.7. The van der Waals surface area contributed by atoms with Gasteiger partial charge in [0.05, 0.1) is 23.2 Å². The van der Waals surface area contributed by atoms with E-state index in [1.165, 1.54) is 6.42 Å². The Bertz CT molecular complexity index is 939. The van der Waals surface area contributed by atoms with Crippen LogP contribution in [0.5, 0.6) is 0 Å². The molecule has 1 saturated carbocycles. The Morgan fingerprint density at radius 3 is 2.61 bits per heavy atom. The third-order valence-corrected chi connectivity index (χ3v) is 7.77. The van der Waals surface area contributed by atoms with Gasteiger partial charge in [-0.3, -0.25) is 9.48 Å². The van der Waals surface area contributed by atoms with Gasteiger partial charge in [-0.2, -0.15) is 10.4 Å². The number of carbonyl (C=O) groups is 1. The highest BCUT2D eigenvalue weighted by Gasteiger charge is 2.31. The molecule has 1 aromatic heterocycles. The molecule has 3 atom stereocenters. The number of carbonyl (C=O) groups excluding carboxylic acids is 1. The van der Waals surface area contributed by atoms with Crippen molar-refractivity contribution < 1.29 is 13.2 Å². The van der Waals surface area contributed by atoms with E-state index in [1.807, 2.05) is 19.9 Å². The highest BCUT2D eigenvalue weighted by molar-refractivity contribution is 7.91. The zero-order chi connectivity index (χ0) is 20.5. The minimum Gasteiger partial charge on any atom is -0.348 e. The molecule has 28 heavy (non-hydrogen) atoms. The summed E-state index contributed by atoms with van der Waals surface area (Å²) in [6, 6.07) is 1.93. The molecule has 1 N–H and O–H groups in total. The molecule has 1 amide bonds. The summed E-state index contributed by atoms with van der Waals surface area (Å²) in [6.07, 6.45) is 6.43. The molecule has 1 aliphatic carbocycles. The molecule has 0 radical (unpaired) electrons. The number of hydrogen-bond donors (Lipinski definition) is 1. The van der Waals surface area contributed by atoms with Gasteiger partial charge in [-0.05, 0) is 45.1 Å². The van der Waals surface area contributed by atoms with Crippen molar-refractivity contribution >= 4 is 21.8 Å². The fraction of sp³-hybridized carbons (Fsp3) is 0.650. The van der Waals surface area contributed by atoms with Gasteiger partial charge < -0.3 is 5.32 Å². The molecule has 0 unspecified atom stereocenters. The number of rotatable bonds is 4. The average Bonchev–Trinajstić information content (AvgIpc) is 3.14. The van der Waals surface area contributed by atoms with E-state index in [4.69, 9.17) is 0 Å². The molecule has 0 bridgehead atoms. The number of sulfone groups is 1. The van der Waals surface area contributed by atoms with Crippen molar-refractivity contribution in [3.05, 3.63) is 22.5 Å². The van der Waals surface area contributed by atoms with Gasteiger partial charge in [0, 0.05) is 17.3 Å². The molecule has 3 rings (SSSR count). The lowest BCUT2D eigenvalue weighted by molar-refractivity contribution is -0.118. The quantitative estimate of drug-likeness (QED) is 0.613. The number of hydrogen-bond acceptors (Lipinski definition) is 5. The maximum Gasteiger partial charge on any atom is 0.262 e. The molecular weight excluding hydrogens is 376 g/mol. The summed E-state index contributed by atoms with van der Waals surface area (Å²) in [5.74, 6) is 0.319. The van der Waals surface area contributed by atoms with E-state index in [-0.39, 0.29) is 35.1 Å².